The Morgan fingerprint density at radius 2 is 1.47 bits per heavy atom. The molecule has 4 rings (SSSR count). The Balaban J connectivity index is 1.66. The van der Waals surface area contributed by atoms with E-state index >= 15 is 0 Å². The van der Waals surface area contributed by atoms with E-state index in [-0.39, 0.29) is 87.7 Å². The number of ketones is 3. The van der Waals surface area contributed by atoms with Gasteiger partial charge in [0.05, 0.1) is 77.3 Å². The van der Waals surface area contributed by atoms with Gasteiger partial charge >= 0.3 is 5.97 Å². The number of allylic oxidation sites excluding steroid dienone is 6. The van der Waals surface area contributed by atoms with E-state index in [4.69, 9.17) is 43.0 Å². The summed E-state index contributed by atoms with van der Waals surface area (Å²) >= 11 is 0. The Labute approximate surface area is 451 Å². The van der Waals surface area contributed by atoms with Crippen LogP contribution in [-0.4, -0.2) is 183 Å². The highest BCUT2D eigenvalue weighted by Crippen LogP contribution is 2.38. The average Bonchev–Trinajstić information content (AvgIpc) is 3.40. The van der Waals surface area contributed by atoms with Crippen molar-refractivity contribution in [1.29, 1.82) is 0 Å². The molecule has 3 fully saturated rings. The lowest BCUT2D eigenvalue weighted by molar-refractivity contribution is -0.266. The quantitative estimate of drug-likeness (QED) is 0.0600. The number of carbonyl (C=O) groups excluding carboxylic acids is 5. The highest BCUT2D eigenvalue weighted by molar-refractivity contribution is 6.39. The second-order valence-electron chi connectivity index (χ2n) is 21.8. The Hall–Kier alpha value is -3.53. The molecule has 0 unspecified atom stereocenters. The van der Waals surface area contributed by atoms with Crippen LogP contribution in [0.4, 0.5) is 0 Å². The summed E-state index contributed by atoms with van der Waals surface area (Å²) in [5.74, 6) is -8.34. The van der Waals surface area contributed by atoms with Crippen LogP contribution in [0.25, 0.3) is 0 Å². The maximum atomic E-state index is 14.5. The highest BCUT2D eigenvalue weighted by atomic mass is 16.6. The first-order chi connectivity index (χ1) is 36.2. The lowest BCUT2D eigenvalue weighted by Gasteiger charge is -2.43. The number of hydrogen-bond acceptors (Lipinski definition) is 17. The largest absolute Gasteiger partial charge is 0.460 e. The monoisotopic (exact) mass is 1080 g/mol. The van der Waals surface area contributed by atoms with Crippen molar-refractivity contribution >= 4 is 29.2 Å². The molecule has 432 valence electrons. The molecule has 15 atom stereocenters. The van der Waals surface area contributed by atoms with Gasteiger partial charge in [-0.2, -0.15) is 0 Å². The third-order valence-corrected chi connectivity index (χ3v) is 15.7. The summed E-state index contributed by atoms with van der Waals surface area (Å²) in [6.45, 7) is 14.7. The van der Waals surface area contributed by atoms with Gasteiger partial charge in [-0.25, -0.2) is 4.79 Å². The second kappa shape index (κ2) is 33.2. The van der Waals surface area contributed by atoms with E-state index in [1.54, 1.807) is 40.9 Å². The summed E-state index contributed by atoms with van der Waals surface area (Å²) < 4.78 is 46.6. The fourth-order valence-electron chi connectivity index (χ4n) is 10.9. The molecule has 18 heteroatoms. The number of carbonyl (C=O) groups is 5. The third kappa shape index (κ3) is 19.7. The molecule has 0 aromatic rings. The van der Waals surface area contributed by atoms with Gasteiger partial charge in [0.15, 0.2) is 5.78 Å². The predicted octanol–water partition coefficient (Wildman–Crippen LogP) is 5.59. The number of esters is 1. The molecule has 1 aliphatic carbocycles. The van der Waals surface area contributed by atoms with E-state index < -0.39 is 83.9 Å². The van der Waals surface area contributed by atoms with E-state index in [0.29, 0.717) is 89.8 Å². The van der Waals surface area contributed by atoms with Crippen LogP contribution < -0.4 is 0 Å². The van der Waals surface area contributed by atoms with Crippen LogP contribution in [0, 0.1) is 35.5 Å². The Morgan fingerprint density at radius 1 is 0.789 bits per heavy atom. The number of ether oxygens (including phenoxy) is 8. The smallest absolute Gasteiger partial charge is 0.329 e. The first-order valence-electron chi connectivity index (χ1n) is 27.9. The van der Waals surface area contributed by atoms with E-state index in [0.717, 1.165) is 5.57 Å². The Bertz CT molecular complexity index is 1950. The molecule has 0 aromatic heterocycles. The molecule has 1 saturated carbocycles. The molecule has 0 radical (unpaired) electrons. The summed E-state index contributed by atoms with van der Waals surface area (Å²) in [5, 5.41) is 43.1. The molecule has 0 aromatic carbocycles. The molecule has 2 saturated heterocycles. The maximum Gasteiger partial charge on any atom is 0.329 e. The van der Waals surface area contributed by atoms with Crippen LogP contribution in [0.15, 0.2) is 47.6 Å². The Morgan fingerprint density at radius 3 is 2.14 bits per heavy atom. The van der Waals surface area contributed by atoms with Crippen molar-refractivity contribution in [2.45, 2.75) is 180 Å². The van der Waals surface area contributed by atoms with Gasteiger partial charge in [-0.05, 0) is 107 Å². The van der Waals surface area contributed by atoms with Crippen LogP contribution in [0.1, 0.15) is 126 Å². The predicted molar refractivity (Wildman–Crippen MR) is 284 cm³/mol. The van der Waals surface area contributed by atoms with Crippen molar-refractivity contribution in [1.82, 2.24) is 4.90 Å². The minimum absolute atomic E-state index is 0.0230. The summed E-state index contributed by atoms with van der Waals surface area (Å²) in [4.78, 5) is 72.7. The van der Waals surface area contributed by atoms with Gasteiger partial charge in [0.2, 0.25) is 5.79 Å². The van der Waals surface area contributed by atoms with Crippen LogP contribution in [0.3, 0.4) is 0 Å². The number of aliphatic hydroxyl groups excluding tert-OH is 3. The number of nitrogens with zero attached hydrogens (tertiary/aromatic N) is 1. The second-order valence-corrected chi connectivity index (χ2v) is 21.8. The normalized spacial score (nSPS) is 36.3. The highest BCUT2D eigenvalue weighted by Gasteiger charge is 2.53. The zero-order chi connectivity index (χ0) is 56.0. The lowest BCUT2D eigenvalue weighted by Crippen LogP contribution is -2.61. The first-order valence-corrected chi connectivity index (χ1v) is 27.9. The summed E-state index contributed by atoms with van der Waals surface area (Å²) in [6.07, 6.45) is 10.4. The number of cyclic esters (lactones) is 1. The van der Waals surface area contributed by atoms with Gasteiger partial charge in [0.1, 0.15) is 30.1 Å². The number of Topliss-reactive ketones (excluding diaryl/α,β-unsaturated/α-hetero) is 3. The molecule has 1 amide bonds. The number of amides is 1. The summed E-state index contributed by atoms with van der Waals surface area (Å²) in [6, 6.07) is -1.18. The number of methoxy groups -OCH3 is 2. The summed E-state index contributed by atoms with van der Waals surface area (Å²) in [5.41, 5.74) is 1.20. The van der Waals surface area contributed by atoms with Crippen molar-refractivity contribution in [3.8, 4) is 0 Å². The minimum Gasteiger partial charge on any atom is -0.460 e. The van der Waals surface area contributed by atoms with Crippen LogP contribution >= 0.6 is 0 Å². The number of rotatable bonds is 17. The van der Waals surface area contributed by atoms with Crippen molar-refractivity contribution in [3.05, 3.63) is 47.6 Å². The molecular formula is C58H93NO17. The van der Waals surface area contributed by atoms with Crippen molar-refractivity contribution in [2.24, 2.45) is 35.5 Å². The topological polar surface area (TPSA) is 243 Å². The zero-order valence-corrected chi connectivity index (χ0v) is 46.9. The zero-order valence-electron chi connectivity index (χ0n) is 46.9. The van der Waals surface area contributed by atoms with Gasteiger partial charge < -0.3 is 63.2 Å². The van der Waals surface area contributed by atoms with Crippen LogP contribution in [-0.2, 0) is 61.9 Å². The number of piperidine rings is 1. The maximum absolute atomic E-state index is 14.5. The van der Waals surface area contributed by atoms with Crippen molar-refractivity contribution in [3.63, 3.8) is 0 Å². The first kappa shape index (κ1) is 65.0. The average molecular weight is 1080 g/mol. The SMILES string of the molecule is CO[C@@H]1C[C@H](C[C@@H](C)[C@@H]2CC(=O)[C@H](C)/C=C(\C)[C@@H](O)[C@@H](OC)C(=O)[C@H](C)C[C@H](C)/C=C/C=C/C=C(\C)[C@H](OCCOCCOCCOCCO)C[C@@H]3CC[C@@H](C)[C@@](O)(O3)C(=O)C(=O)N3CCCC[C@H]3C(=O)O2)CC[C@H]1O. The molecule has 4 N–H and O–H groups in total. The molecule has 4 aliphatic rings. The molecular weight excluding hydrogens is 983 g/mol. The van der Waals surface area contributed by atoms with Gasteiger partial charge in [-0.3, -0.25) is 19.2 Å². The van der Waals surface area contributed by atoms with E-state index in [2.05, 4.69) is 0 Å². The van der Waals surface area contributed by atoms with E-state index in [1.807, 2.05) is 51.2 Å². The van der Waals surface area contributed by atoms with Crippen molar-refractivity contribution in [2.75, 3.05) is 73.6 Å². The molecule has 2 bridgehead atoms. The van der Waals surface area contributed by atoms with Gasteiger partial charge in [-0.15, -0.1) is 0 Å². The van der Waals surface area contributed by atoms with E-state index in [1.165, 1.54) is 12.0 Å². The lowest BCUT2D eigenvalue weighted by atomic mass is 9.78. The summed E-state index contributed by atoms with van der Waals surface area (Å²) in [7, 11) is 2.93. The van der Waals surface area contributed by atoms with Crippen LogP contribution in [0.2, 0.25) is 0 Å². The molecule has 0 spiro atoms. The molecule has 3 heterocycles. The fourth-order valence-corrected chi connectivity index (χ4v) is 10.9. The van der Waals surface area contributed by atoms with Crippen molar-refractivity contribution < 1.29 is 82.3 Å². The number of hydrogen-bond donors (Lipinski definition) is 4. The Kier molecular flexibility index (Phi) is 28.3. The fraction of sp³-hybridized carbons (Fsp3) is 0.776. The molecule has 18 nitrogen and oxygen atoms in total. The molecule has 76 heavy (non-hydrogen) atoms. The van der Waals surface area contributed by atoms with Gasteiger partial charge in [0, 0.05) is 51.4 Å². The van der Waals surface area contributed by atoms with Crippen LogP contribution in [0.5, 0.6) is 0 Å². The number of aliphatic hydroxyl groups is 4. The minimum atomic E-state index is -2.50. The van der Waals surface area contributed by atoms with E-state index in [9.17, 15) is 39.3 Å². The van der Waals surface area contributed by atoms with Gasteiger partial charge in [-0.1, -0.05) is 71.1 Å². The van der Waals surface area contributed by atoms with Gasteiger partial charge in [0.25, 0.3) is 11.7 Å². The third-order valence-electron chi connectivity index (χ3n) is 15.7. The standard InChI is InChI=1S/C58H93NO17/c1-37-15-11-10-12-16-38(2)49(74-30-29-73-28-27-72-26-25-71-24-23-60)35-45-20-18-43(7)58(68,76-45)55(65)56(66)59-22-14-13-17-46(59)57(67)75-50(40(4)33-44-19-21-47(61)51(34-44)69-8)36-48(62)39(3)32-42(6)53(64)54(70-9)52(63)41(5)31-37/h10-12,15-16,32,37,39-41,43-47,49-51,53-54,60-61,64,68H,13-14,17-31,33-36H2,1-9H3/b12-10+,15-11+,38-16+,42-32+/t37-,39-,40-,41-,43-,44+,45+,46+,47-,49-,50+,51-,53-,54+,58-/m1/s1. The number of fused-ring (bicyclic) bond motifs is 3. The molecule has 3 aliphatic heterocycles.